The van der Waals surface area contributed by atoms with Crippen LogP contribution in [0.2, 0.25) is 10.0 Å². The van der Waals surface area contributed by atoms with E-state index in [-0.39, 0.29) is 14.9 Å². The van der Waals surface area contributed by atoms with Crippen molar-refractivity contribution in [3.8, 4) is 22.8 Å². The van der Waals surface area contributed by atoms with Crippen LogP contribution in [-0.2, 0) is 10.0 Å². The molecule has 0 saturated carbocycles. The Labute approximate surface area is 177 Å². The Balaban J connectivity index is 1.85. The van der Waals surface area contributed by atoms with E-state index >= 15 is 0 Å². The number of methoxy groups -OCH3 is 2. The van der Waals surface area contributed by atoms with Crippen LogP contribution in [0.3, 0.4) is 0 Å². The lowest BCUT2D eigenvalue weighted by molar-refractivity contribution is 0.355. The number of H-pyrrole nitrogens is 1. The number of rotatable bonds is 7. The molecule has 0 bridgehead atoms. The lowest BCUT2D eigenvalue weighted by Crippen LogP contribution is -2.18. The molecule has 11 heteroatoms. The van der Waals surface area contributed by atoms with Gasteiger partial charge in [0, 0.05) is 16.1 Å². The van der Waals surface area contributed by atoms with Crippen molar-refractivity contribution < 1.29 is 17.9 Å². The number of benzene rings is 2. The van der Waals surface area contributed by atoms with E-state index in [1.165, 1.54) is 37.7 Å². The Morgan fingerprint density at radius 1 is 1.10 bits per heavy atom. The zero-order valence-corrected chi connectivity index (χ0v) is 17.6. The van der Waals surface area contributed by atoms with Gasteiger partial charge in [0.25, 0.3) is 10.0 Å². The predicted octanol–water partition coefficient (Wildman–Crippen LogP) is 3.71. The number of aromatic nitrogens is 2. The first-order valence-electron chi connectivity index (χ1n) is 8.11. The highest BCUT2D eigenvalue weighted by Gasteiger charge is 2.18. The van der Waals surface area contributed by atoms with E-state index in [2.05, 4.69) is 20.1 Å². The number of hydrogen-bond acceptors (Lipinski definition) is 6. The Bertz CT molecular complexity index is 1160. The van der Waals surface area contributed by atoms with Gasteiger partial charge in [-0.05, 0) is 36.4 Å². The molecule has 0 unspecified atom stereocenters. The number of halogens is 2. The van der Waals surface area contributed by atoms with Crippen molar-refractivity contribution in [2.45, 2.75) is 4.90 Å². The molecule has 29 heavy (non-hydrogen) atoms. The van der Waals surface area contributed by atoms with Gasteiger partial charge in [0.2, 0.25) is 0 Å². The highest BCUT2D eigenvalue weighted by Crippen LogP contribution is 2.32. The molecule has 3 rings (SSSR count). The molecule has 8 nitrogen and oxygen atoms in total. The van der Waals surface area contributed by atoms with E-state index in [0.29, 0.717) is 22.8 Å². The average molecular weight is 455 g/mol. The van der Waals surface area contributed by atoms with Crippen LogP contribution >= 0.6 is 23.2 Å². The molecule has 0 radical (unpaired) electrons. The molecule has 152 valence electrons. The lowest BCUT2D eigenvalue weighted by Gasteiger charge is -2.09. The number of nitrogens with zero attached hydrogens (tertiary/aromatic N) is 2. The number of hydrogen-bond donors (Lipinski definition) is 2. The summed E-state index contributed by atoms with van der Waals surface area (Å²) in [5.41, 5.74) is 1.93. The number of nitrogens with one attached hydrogen (secondary N) is 2. The van der Waals surface area contributed by atoms with E-state index in [1.807, 2.05) is 6.07 Å². The molecular weight excluding hydrogens is 439 g/mol. The molecule has 2 aromatic carbocycles. The summed E-state index contributed by atoms with van der Waals surface area (Å²) in [4.78, 5) is 1.94. The molecule has 0 aliphatic heterocycles. The van der Waals surface area contributed by atoms with Gasteiger partial charge in [0.15, 0.2) is 11.5 Å². The molecule has 0 saturated heterocycles. The summed E-state index contributed by atoms with van der Waals surface area (Å²) in [7, 11) is -0.915. The van der Waals surface area contributed by atoms with Crippen molar-refractivity contribution in [1.82, 2.24) is 15.0 Å². The molecule has 0 atom stereocenters. The first kappa shape index (κ1) is 21.0. The van der Waals surface area contributed by atoms with E-state index < -0.39 is 10.0 Å². The van der Waals surface area contributed by atoms with Crippen LogP contribution in [0.1, 0.15) is 5.56 Å². The van der Waals surface area contributed by atoms with Crippen molar-refractivity contribution in [3.05, 3.63) is 58.2 Å². The van der Waals surface area contributed by atoms with Crippen molar-refractivity contribution in [3.63, 3.8) is 0 Å². The van der Waals surface area contributed by atoms with Crippen LogP contribution in [0.25, 0.3) is 11.3 Å². The smallest absolute Gasteiger partial charge is 0.278 e. The van der Waals surface area contributed by atoms with Crippen molar-refractivity contribution >= 4 is 39.4 Å². The summed E-state index contributed by atoms with van der Waals surface area (Å²) in [6.45, 7) is 0. The van der Waals surface area contributed by atoms with Crippen LogP contribution in [0.15, 0.2) is 52.6 Å². The van der Waals surface area contributed by atoms with Crippen LogP contribution in [0, 0.1) is 0 Å². The van der Waals surface area contributed by atoms with Crippen LogP contribution in [0.5, 0.6) is 11.5 Å². The number of ether oxygens (including phenoxy) is 2. The Morgan fingerprint density at radius 2 is 1.86 bits per heavy atom. The van der Waals surface area contributed by atoms with Gasteiger partial charge in [-0.3, -0.25) is 5.10 Å². The fourth-order valence-electron chi connectivity index (χ4n) is 2.51. The Morgan fingerprint density at radius 3 is 2.59 bits per heavy atom. The zero-order valence-electron chi connectivity index (χ0n) is 15.3. The van der Waals surface area contributed by atoms with Gasteiger partial charge in [-0.25, -0.2) is 4.83 Å². The van der Waals surface area contributed by atoms with E-state index in [1.54, 1.807) is 19.2 Å². The maximum absolute atomic E-state index is 12.4. The Kier molecular flexibility index (Phi) is 6.31. The van der Waals surface area contributed by atoms with Crippen LogP contribution in [-0.4, -0.2) is 39.0 Å². The number of sulfonamides is 1. The fraction of sp³-hybridized carbons (Fsp3) is 0.111. The standard InChI is InChI=1S/C18H16Cl2N4O4S/c1-27-15-6-3-11(7-16(15)28-2)18-12(9-21-23-18)10-22-24-29(25,26)17-8-13(19)4-5-14(17)20/h3-10,24H,1-2H3,(H,21,23)/b22-10+. The Hall–Kier alpha value is -2.75. The van der Waals surface area contributed by atoms with Gasteiger partial charge in [-0.15, -0.1) is 0 Å². The summed E-state index contributed by atoms with van der Waals surface area (Å²) < 4.78 is 35.4. The molecule has 1 aromatic heterocycles. The third-order valence-electron chi connectivity index (χ3n) is 3.90. The molecule has 0 aliphatic carbocycles. The molecule has 0 spiro atoms. The van der Waals surface area contributed by atoms with Crippen molar-refractivity contribution in [1.29, 1.82) is 0 Å². The molecule has 3 aromatic rings. The molecular formula is C18H16Cl2N4O4S. The SMILES string of the molecule is COc1ccc(-c2[nH]ncc2/C=N/NS(=O)(=O)c2cc(Cl)ccc2Cl)cc1OC. The van der Waals surface area contributed by atoms with Crippen LogP contribution < -0.4 is 14.3 Å². The second-order valence-corrected chi connectivity index (χ2v) is 8.17. The third-order valence-corrected chi connectivity index (χ3v) is 5.84. The van der Waals surface area contributed by atoms with Crippen molar-refractivity contribution in [2.75, 3.05) is 14.2 Å². The highest BCUT2D eigenvalue weighted by molar-refractivity contribution is 7.89. The van der Waals surface area contributed by atoms with Gasteiger partial charge in [-0.2, -0.15) is 18.6 Å². The maximum atomic E-state index is 12.4. The number of hydrazone groups is 1. The van der Waals surface area contributed by atoms with E-state index in [0.717, 1.165) is 5.56 Å². The van der Waals surface area contributed by atoms with Gasteiger partial charge in [0.05, 0.1) is 37.3 Å². The fourth-order valence-corrected chi connectivity index (χ4v) is 4.07. The third kappa shape index (κ3) is 4.64. The van der Waals surface area contributed by atoms with Crippen molar-refractivity contribution in [2.24, 2.45) is 5.10 Å². The molecule has 0 aliphatic rings. The minimum atomic E-state index is -4.00. The summed E-state index contributed by atoms with van der Waals surface area (Å²) in [5.74, 6) is 1.12. The molecule has 1 heterocycles. The van der Waals surface area contributed by atoms with Gasteiger partial charge in [0.1, 0.15) is 4.90 Å². The highest BCUT2D eigenvalue weighted by atomic mass is 35.5. The van der Waals surface area contributed by atoms with E-state index in [9.17, 15) is 8.42 Å². The lowest BCUT2D eigenvalue weighted by atomic mass is 10.1. The largest absolute Gasteiger partial charge is 0.493 e. The van der Waals surface area contributed by atoms with Gasteiger partial charge < -0.3 is 9.47 Å². The minimum absolute atomic E-state index is 0.0337. The van der Waals surface area contributed by atoms with E-state index in [4.69, 9.17) is 32.7 Å². The first-order valence-corrected chi connectivity index (χ1v) is 10.4. The monoisotopic (exact) mass is 454 g/mol. The molecule has 0 amide bonds. The summed E-state index contributed by atoms with van der Waals surface area (Å²) in [6, 6.07) is 9.45. The normalized spacial score (nSPS) is 11.6. The minimum Gasteiger partial charge on any atom is -0.493 e. The summed E-state index contributed by atoms with van der Waals surface area (Å²) >= 11 is 11.8. The average Bonchev–Trinajstić information content (AvgIpc) is 3.17. The quantitative estimate of drug-likeness (QED) is 0.417. The zero-order chi connectivity index (χ0) is 21.0. The number of aromatic amines is 1. The maximum Gasteiger partial charge on any atom is 0.278 e. The second kappa shape index (κ2) is 8.73. The van der Waals surface area contributed by atoms with Gasteiger partial charge in [-0.1, -0.05) is 23.2 Å². The summed E-state index contributed by atoms with van der Waals surface area (Å²) in [6.07, 6.45) is 2.84. The predicted molar refractivity (Wildman–Crippen MR) is 112 cm³/mol. The summed E-state index contributed by atoms with van der Waals surface area (Å²) in [5, 5.41) is 10.9. The topological polar surface area (TPSA) is 106 Å². The van der Waals surface area contributed by atoms with Crippen LogP contribution in [0.4, 0.5) is 0 Å². The second-order valence-electron chi connectivity index (χ2n) is 5.70. The molecule has 2 N–H and O–H groups in total. The van der Waals surface area contributed by atoms with Gasteiger partial charge >= 0.3 is 0 Å². The first-order chi connectivity index (χ1) is 13.9. The molecule has 0 fully saturated rings.